The second-order valence-electron chi connectivity index (χ2n) is 7.63. The van der Waals surface area contributed by atoms with Crippen LogP contribution in [-0.4, -0.2) is 48.1 Å². The molecule has 2 aliphatic heterocycles. The van der Waals surface area contributed by atoms with Crippen LogP contribution in [-0.2, 0) is 19.1 Å². The molecule has 0 aromatic heterocycles. The molecule has 7 heteroatoms. The summed E-state index contributed by atoms with van der Waals surface area (Å²) in [5.41, 5.74) is 0.951. The quantitative estimate of drug-likeness (QED) is 0.562. The number of carbonyl (C=O) groups excluding carboxylic acids is 3. The van der Waals surface area contributed by atoms with Crippen LogP contribution in [0, 0.1) is 5.92 Å². The minimum Gasteiger partial charge on any atom is -0.459 e. The number of methoxy groups -OCH3 is 1. The number of amides is 1. The predicted octanol–water partition coefficient (Wildman–Crippen LogP) is 3.80. The van der Waals surface area contributed by atoms with Crippen LogP contribution in [0.1, 0.15) is 52.4 Å². The van der Waals surface area contributed by atoms with Gasteiger partial charge < -0.3 is 14.8 Å². The summed E-state index contributed by atoms with van der Waals surface area (Å²) in [4.78, 5) is 36.3. The third-order valence-corrected chi connectivity index (χ3v) is 5.99. The van der Waals surface area contributed by atoms with Crippen LogP contribution in [0.4, 0.5) is 4.79 Å². The van der Waals surface area contributed by atoms with Gasteiger partial charge in [0.05, 0.1) is 12.1 Å². The molecule has 0 aromatic carbocycles. The molecule has 1 amide bonds. The fraction of sp³-hybridized carbons (Fsp3) is 0.667. The first-order valence-electron chi connectivity index (χ1n) is 9.90. The van der Waals surface area contributed by atoms with E-state index in [1.165, 1.54) is 6.08 Å². The molecular weight excluding hydrogens is 378 g/mol. The van der Waals surface area contributed by atoms with E-state index >= 15 is 0 Å². The van der Waals surface area contributed by atoms with E-state index in [1.807, 2.05) is 6.92 Å². The molecule has 0 unspecified atom stereocenters. The number of nitrogens with one attached hydrogen (secondary N) is 1. The molecule has 0 spiro atoms. The molecule has 0 aliphatic carbocycles. The van der Waals surface area contributed by atoms with Crippen molar-refractivity contribution < 1.29 is 23.9 Å². The highest BCUT2D eigenvalue weighted by Gasteiger charge is 2.31. The van der Waals surface area contributed by atoms with E-state index in [9.17, 15) is 14.4 Å². The van der Waals surface area contributed by atoms with E-state index < -0.39 is 18.1 Å². The Kier molecular flexibility index (Phi) is 9.25. The average molecular weight is 410 g/mol. The Labute approximate surface area is 171 Å². The Bertz CT molecular complexity index is 630. The summed E-state index contributed by atoms with van der Waals surface area (Å²) < 4.78 is 11.2. The van der Waals surface area contributed by atoms with Gasteiger partial charge in [0.25, 0.3) is 5.24 Å². The van der Waals surface area contributed by atoms with Gasteiger partial charge in [0.1, 0.15) is 6.10 Å². The van der Waals surface area contributed by atoms with Crippen LogP contribution < -0.4 is 5.32 Å². The SMILES string of the molecule is CO[C@H]1CC[C@@H](C)/C=C\CC/C(C)=C\C(=O)O[C@H](CC(=O)[C@H]2CSC(=O)N2)C1. The molecular formula is C21H31NO5S. The highest BCUT2D eigenvalue weighted by atomic mass is 32.2. The lowest BCUT2D eigenvalue weighted by atomic mass is 9.96. The van der Waals surface area contributed by atoms with E-state index in [4.69, 9.17) is 9.47 Å². The summed E-state index contributed by atoms with van der Waals surface area (Å²) in [5.74, 6) is 0.335. The van der Waals surface area contributed by atoms with E-state index in [-0.39, 0.29) is 23.5 Å². The molecule has 2 heterocycles. The van der Waals surface area contributed by atoms with Crippen molar-refractivity contribution in [3.63, 3.8) is 0 Å². The standard InChI is InChI=1S/C21H31NO5S/c1-14-6-4-5-7-15(2)10-20(24)27-17(11-16(26-3)9-8-14)12-19(23)18-13-28-21(25)22-18/h4,6,10,14,16-18H,5,7-9,11-13H2,1-3H3,(H,22,25)/b6-4-,15-10-/t14-,16-,17-,18+/m0/s1. The Morgan fingerprint density at radius 1 is 1.36 bits per heavy atom. The highest BCUT2D eigenvalue weighted by molar-refractivity contribution is 8.14. The topological polar surface area (TPSA) is 81.7 Å². The molecule has 2 aliphatic rings. The summed E-state index contributed by atoms with van der Waals surface area (Å²) in [5, 5.41) is 2.48. The molecule has 1 fully saturated rings. The highest BCUT2D eigenvalue weighted by Crippen LogP contribution is 2.22. The number of esters is 1. The maximum atomic E-state index is 12.6. The van der Waals surface area contributed by atoms with Crippen molar-refractivity contribution >= 4 is 28.8 Å². The molecule has 0 saturated carbocycles. The molecule has 1 saturated heterocycles. The van der Waals surface area contributed by atoms with Gasteiger partial charge in [-0.25, -0.2) is 4.79 Å². The van der Waals surface area contributed by atoms with Gasteiger partial charge in [0, 0.05) is 31.8 Å². The van der Waals surface area contributed by atoms with Crippen LogP contribution in [0.5, 0.6) is 0 Å². The summed E-state index contributed by atoms with van der Waals surface area (Å²) >= 11 is 1.11. The number of cyclic esters (lactones) is 1. The Balaban J connectivity index is 2.10. The average Bonchev–Trinajstić information content (AvgIpc) is 3.07. The Morgan fingerprint density at radius 2 is 2.14 bits per heavy atom. The molecule has 4 atom stereocenters. The number of ketones is 1. The lowest BCUT2D eigenvalue weighted by molar-refractivity contribution is -0.146. The van der Waals surface area contributed by atoms with Gasteiger partial charge in [-0.2, -0.15) is 0 Å². The second kappa shape index (κ2) is 11.4. The minimum absolute atomic E-state index is 0.0828. The largest absolute Gasteiger partial charge is 0.459 e. The van der Waals surface area contributed by atoms with Crippen molar-refractivity contribution in [1.82, 2.24) is 5.32 Å². The zero-order chi connectivity index (χ0) is 20.5. The Morgan fingerprint density at radius 3 is 2.82 bits per heavy atom. The molecule has 28 heavy (non-hydrogen) atoms. The van der Waals surface area contributed by atoms with Crippen LogP contribution in [0.25, 0.3) is 0 Å². The van der Waals surface area contributed by atoms with Crippen molar-refractivity contribution in [1.29, 1.82) is 0 Å². The van der Waals surface area contributed by atoms with Gasteiger partial charge in [-0.1, -0.05) is 36.4 Å². The van der Waals surface area contributed by atoms with Crippen molar-refractivity contribution in [2.45, 2.75) is 70.6 Å². The zero-order valence-corrected chi connectivity index (χ0v) is 17.8. The lowest BCUT2D eigenvalue weighted by Crippen LogP contribution is -2.38. The summed E-state index contributed by atoms with van der Waals surface area (Å²) in [6.45, 7) is 4.09. The molecule has 0 radical (unpaired) electrons. The van der Waals surface area contributed by atoms with E-state index in [2.05, 4.69) is 24.4 Å². The normalized spacial score (nSPS) is 33.2. The van der Waals surface area contributed by atoms with Gasteiger partial charge in [0.15, 0.2) is 5.78 Å². The van der Waals surface area contributed by atoms with Crippen molar-refractivity contribution in [3.05, 3.63) is 23.8 Å². The Hall–Kier alpha value is -1.60. The minimum atomic E-state index is -0.565. The van der Waals surface area contributed by atoms with E-state index in [0.29, 0.717) is 18.1 Å². The zero-order valence-electron chi connectivity index (χ0n) is 16.9. The van der Waals surface area contributed by atoms with Crippen LogP contribution >= 0.6 is 11.8 Å². The first-order valence-corrected chi connectivity index (χ1v) is 10.9. The lowest BCUT2D eigenvalue weighted by Gasteiger charge is -2.24. The van der Waals surface area contributed by atoms with E-state index in [0.717, 1.165) is 43.0 Å². The predicted molar refractivity (Wildman–Crippen MR) is 110 cm³/mol. The molecule has 1 N–H and O–H groups in total. The van der Waals surface area contributed by atoms with Gasteiger partial charge in [-0.3, -0.25) is 9.59 Å². The molecule has 156 valence electrons. The first-order chi connectivity index (χ1) is 13.4. The fourth-order valence-corrected chi connectivity index (χ4v) is 4.19. The van der Waals surface area contributed by atoms with Crippen molar-refractivity contribution in [3.8, 4) is 0 Å². The smallest absolute Gasteiger partial charge is 0.330 e. The number of carbonyl (C=O) groups is 3. The maximum absolute atomic E-state index is 12.6. The fourth-order valence-electron chi connectivity index (χ4n) is 3.38. The van der Waals surface area contributed by atoms with Crippen molar-refractivity contribution in [2.75, 3.05) is 12.9 Å². The number of Topliss-reactive ketones (excluding diaryl/α,β-unsaturated/α-hetero) is 1. The summed E-state index contributed by atoms with van der Waals surface area (Å²) in [6.07, 6.45) is 9.25. The second-order valence-corrected chi connectivity index (χ2v) is 8.62. The first kappa shape index (κ1) is 22.7. The number of ether oxygens (including phenoxy) is 2. The number of thioether (sulfide) groups is 1. The molecule has 2 rings (SSSR count). The van der Waals surface area contributed by atoms with Crippen LogP contribution in [0.15, 0.2) is 23.8 Å². The van der Waals surface area contributed by atoms with Gasteiger partial charge in [0.2, 0.25) is 0 Å². The van der Waals surface area contributed by atoms with Gasteiger partial charge in [-0.15, -0.1) is 0 Å². The molecule has 6 nitrogen and oxygen atoms in total. The number of hydrogen-bond acceptors (Lipinski definition) is 6. The maximum Gasteiger partial charge on any atom is 0.330 e. The van der Waals surface area contributed by atoms with Crippen LogP contribution in [0.2, 0.25) is 0 Å². The van der Waals surface area contributed by atoms with Gasteiger partial charge >= 0.3 is 5.97 Å². The van der Waals surface area contributed by atoms with E-state index in [1.54, 1.807) is 7.11 Å². The summed E-state index contributed by atoms with van der Waals surface area (Å²) in [6, 6.07) is -0.507. The number of allylic oxidation sites excluding steroid dienone is 3. The third-order valence-electron chi connectivity index (χ3n) is 5.11. The van der Waals surface area contributed by atoms with Crippen molar-refractivity contribution in [2.24, 2.45) is 5.92 Å². The third kappa shape index (κ3) is 7.80. The summed E-state index contributed by atoms with van der Waals surface area (Å²) in [7, 11) is 1.65. The monoisotopic (exact) mass is 409 g/mol. The number of rotatable bonds is 4. The van der Waals surface area contributed by atoms with Crippen LogP contribution in [0.3, 0.4) is 0 Å². The molecule has 0 aromatic rings. The number of hydrogen-bond donors (Lipinski definition) is 1. The molecule has 0 bridgehead atoms. The van der Waals surface area contributed by atoms with Gasteiger partial charge in [-0.05, 0) is 38.5 Å².